The van der Waals surface area contributed by atoms with E-state index in [4.69, 9.17) is 0 Å². The minimum absolute atomic E-state index is 0.0615. The highest BCUT2D eigenvalue weighted by molar-refractivity contribution is 5.87. The molecule has 0 aromatic carbocycles. The molecular formula is C13H12O3. The lowest BCUT2D eigenvalue weighted by Crippen LogP contribution is -2.27. The molecule has 1 fully saturated rings. The van der Waals surface area contributed by atoms with Crippen molar-refractivity contribution in [2.75, 3.05) is 0 Å². The first-order valence-electron chi connectivity index (χ1n) is 5.35. The zero-order valence-electron chi connectivity index (χ0n) is 8.79. The summed E-state index contributed by atoms with van der Waals surface area (Å²) in [5.41, 5.74) is 0. The van der Waals surface area contributed by atoms with E-state index >= 15 is 0 Å². The molecule has 2 aliphatic carbocycles. The summed E-state index contributed by atoms with van der Waals surface area (Å²) in [6.07, 6.45) is 2.99. The zero-order valence-corrected chi connectivity index (χ0v) is 8.79. The fourth-order valence-electron chi connectivity index (χ4n) is 2.02. The molecule has 0 spiro atoms. The minimum Gasteiger partial charge on any atom is -0.498 e. The van der Waals surface area contributed by atoms with Crippen molar-refractivity contribution in [3.8, 4) is 23.7 Å². The second-order valence-electron chi connectivity index (χ2n) is 4.06. The van der Waals surface area contributed by atoms with E-state index in [9.17, 15) is 15.0 Å². The fraction of sp³-hybridized carbons (Fsp3) is 0.462. The van der Waals surface area contributed by atoms with Crippen molar-refractivity contribution >= 4 is 5.78 Å². The quantitative estimate of drug-likeness (QED) is 0.606. The SMILES string of the molecule is O=C1C2C#C/C(O)=C(/O)C#CCC1CCC2. The molecule has 3 nitrogen and oxygen atoms in total. The molecule has 0 amide bonds. The molecule has 82 valence electrons. The van der Waals surface area contributed by atoms with Gasteiger partial charge in [-0.25, -0.2) is 0 Å². The monoisotopic (exact) mass is 216 g/mol. The molecule has 2 N–H and O–H groups in total. The van der Waals surface area contributed by atoms with E-state index in [2.05, 4.69) is 23.7 Å². The molecule has 0 aliphatic heterocycles. The molecule has 3 heteroatoms. The molecular weight excluding hydrogens is 204 g/mol. The van der Waals surface area contributed by atoms with Crippen LogP contribution in [0.5, 0.6) is 0 Å². The molecule has 0 aromatic rings. The number of rotatable bonds is 0. The Morgan fingerprint density at radius 2 is 1.88 bits per heavy atom. The number of aliphatic hydroxyl groups excluding tert-OH is 2. The highest BCUT2D eigenvalue weighted by Gasteiger charge is 2.29. The third kappa shape index (κ3) is 2.04. The largest absolute Gasteiger partial charge is 0.498 e. The van der Waals surface area contributed by atoms with Gasteiger partial charge in [-0.1, -0.05) is 18.3 Å². The maximum absolute atomic E-state index is 11.9. The second-order valence-corrected chi connectivity index (χ2v) is 4.06. The van der Waals surface area contributed by atoms with Gasteiger partial charge >= 0.3 is 0 Å². The van der Waals surface area contributed by atoms with Crippen molar-refractivity contribution in [3.63, 3.8) is 0 Å². The van der Waals surface area contributed by atoms with Gasteiger partial charge in [-0.15, -0.1) is 0 Å². The number of Topliss-reactive ketones (excluding diaryl/α,β-unsaturated/α-hetero) is 1. The summed E-state index contributed by atoms with van der Waals surface area (Å²) >= 11 is 0. The first-order chi connectivity index (χ1) is 7.68. The van der Waals surface area contributed by atoms with Crippen LogP contribution in [0.1, 0.15) is 25.7 Å². The van der Waals surface area contributed by atoms with Crippen LogP contribution >= 0.6 is 0 Å². The average molecular weight is 216 g/mol. The number of hydrogen-bond donors (Lipinski definition) is 2. The minimum atomic E-state index is -0.440. The van der Waals surface area contributed by atoms with E-state index in [1.807, 2.05) is 0 Å². The van der Waals surface area contributed by atoms with E-state index in [1.165, 1.54) is 0 Å². The van der Waals surface area contributed by atoms with Crippen molar-refractivity contribution < 1.29 is 15.0 Å². The summed E-state index contributed by atoms with van der Waals surface area (Å²) in [4.78, 5) is 11.9. The van der Waals surface area contributed by atoms with Gasteiger partial charge in [0.1, 0.15) is 0 Å². The Balaban J connectivity index is 2.38. The van der Waals surface area contributed by atoms with Gasteiger partial charge in [-0.2, -0.15) is 0 Å². The van der Waals surface area contributed by atoms with Crippen LogP contribution in [0.3, 0.4) is 0 Å². The fourth-order valence-corrected chi connectivity index (χ4v) is 2.02. The smallest absolute Gasteiger partial charge is 0.219 e. The summed E-state index contributed by atoms with van der Waals surface area (Å²) in [5.74, 6) is 9.15. The van der Waals surface area contributed by atoms with E-state index in [0.717, 1.165) is 19.3 Å². The molecule has 16 heavy (non-hydrogen) atoms. The van der Waals surface area contributed by atoms with Crippen LogP contribution in [-0.4, -0.2) is 16.0 Å². The topological polar surface area (TPSA) is 57.5 Å². The normalized spacial score (nSPS) is 33.1. The Kier molecular flexibility index (Phi) is 2.88. The van der Waals surface area contributed by atoms with Crippen LogP contribution in [0.25, 0.3) is 0 Å². The number of carbonyl (C=O) groups excluding carboxylic acids is 1. The van der Waals surface area contributed by atoms with E-state index < -0.39 is 11.5 Å². The molecule has 0 heterocycles. The van der Waals surface area contributed by atoms with Gasteiger partial charge in [0.2, 0.25) is 11.5 Å². The number of hydrogen-bond acceptors (Lipinski definition) is 3. The standard InChI is InChI=1S/C13H12O3/c14-11-6-2-5-9-3-1-4-10(13(9)16)7-8-12(11)15/h9-10,14-15H,1,3-5H2/b12-11-. The van der Waals surface area contributed by atoms with Gasteiger partial charge in [-0.05, 0) is 24.7 Å². The second kappa shape index (κ2) is 4.33. The van der Waals surface area contributed by atoms with E-state index in [0.29, 0.717) is 6.42 Å². The van der Waals surface area contributed by atoms with Crippen LogP contribution in [-0.2, 0) is 4.79 Å². The Labute approximate surface area is 94.2 Å². The predicted octanol–water partition coefficient (Wildman–Crippen LogP) is 1.71. The highest BCUT2D eigenvalue weighted by Crippen LogP contribution is 2.27. The van der Waals surface area contributed by atoms with Crippen molar-refractivity contribution in [1.29, 1.82) is 0 Å². The van der Waals surface area contributed by atoms with Crippen molar-refractivity contribution in [1.82, 2.24) is 0 Å². The van der Waals surface area contributed by atoms with Gasteiger partial charge in [0.25, 0.3) is 0 Å². The first-order valence-corrected chi connectivity index (χ1v) is 5.35. The van der Waals surface area contributed by atoms with Gasteiger partial charge in [0.05, 0.1) is 5.92 Å². The van der Waals surface area contributed by atoms with E-state index in [1.54, 1.807) is 0 Å². The lowest BCUT2D eigenvalue weighted by Gasteiger charge is -2.23. The summed E-state index contributed by atoms with van der Waals surface area (Å²) in [7, 11) is 0. The lowest BCUT2D eigenvalue weighted by molar-refractivity contribution is -0.127. The Bertz CT molecular complexity index is 465. The third-order valence-corrected chi connectivity index (χ3v) is 2.94. The molecule has 2 unspecified atom stereocenters. The van der Waals surface area contributed by atoms with Crippen LogP contribution in [0.15, 0.2) is 11.5 Å². The van der Waals surface area contributed by atoms with Gasteiger partial charge in [-0.3, -0.25) is 4.79 Å². The van der Waals surface area contributed by atoms with Crippen LogP contribution in [0, 0.1) is 35.5 Å². The average Bonchev–Trinajstić information content (AvgIpc) is 2.27. The molecule has 2 rings (SSSR count). The maximum atomic E-state index is 11.9. The summed E-state index contributed by atoms with van der Waals surface area (Å²) in [5, 5.41) is 18.6. The van der Waals surface area contributed by atoms with Crippen LogP contribution in [0.4, 0.5) is 0 Å². The van der Waals surface area contributed by atoms with Gasteiger partial charge < -0.3 is 10.2 Å². The highest BCUT2D eigenvalue weighted by atomic mass is 16.3. The van der Waals surface area contributed by atoms with Crippen molar-refractivity contribution in [3.05, 3.63) is 11.5 Å². The Morgan fingerprint density at radius 3 is 2.69 bits per heavy atom. The Morgan fingerprint density at radius 1 is 1.12 bits per heavy atom. The van der Waals surface area contributed by atoms with Crippen molar-refractivity contribution in [2.24, 2.45) is 11.8 Å². The van der Waals surface area contributed by atoms with Gasteiger partial charge in [0, 0.05) is 12.3 Å². The lowest BCUT2D eigenvalue weighted by atomic mass is 9.79. The number of carbonyl (C=O) groups is 1. The number of fused-ring (bicyclic) bond motifs is 2. The summed E-state index contributed by atoms with van der Waals surface area (Å²) in [6, 6.07) is 0. The molecule has 2 aliphatic rings. The Hall–Kier alpha value is -1.87. The zero-order chi connectivity index (χ0) is 11.5. The summed E-state index contributed by atoms with van der Waals surface area (Å²) in [6.45, 7) is 0. The number of ketones is 1. The molecule has 0 aromatic heterocycles. The number of aliphatic hydroxyl groups is 2. The number of allylic oxidation sites excluding steroid dienone is 2. The van der Waals surface area contributed by atoms with Gasteiger partial charge in [0.15, 0.2) is 5.78 Å². The molecule has 0 saturated heterocycles. The summed E-state index contributed by atoms with van der Waals surface area (Å²) < 4.78 is 0. The van der Waals surface area contributed by atoms with Crippen molar-refractivity contribution in [2.45, 2.75) is 25.7 Å². The van der Waals surface area contributed by atoms with E-state index in [-0.39, 0.29) is 17.6 Å². The first kappa shape index (κ1) is 10.6. The molecule has 2 atom stereocenters. The molecule has 1 saturated carbocycles. The maximum Gasteiger partial charge on any atom is 0.219 e. The van der Waals surface area contributed by atoms with Crippen LogP contribution < -0.4 is 0 Å². The molecule has 0 radical (unpaired) electrons. The third-order valence-electron chi connectivity index (χ3n) is 2.94. The predicted molar refractivity (Wildman–Crippen MR) is 58.3 cm³/mol. The molecule has 2 bridgehead atoms. The van der Waals surface area contributed by atoms with Crippen LogP contribution in [0.2, 0.25) is 0 Å².